The number of hydrogen-bond acceptors (Lipinski definition) is 3. The van der Waals surface area contributed by atoms with Crippen LogP contribution in [0.5, 0.6) is 0 Å². The Hall–Kier alpha value is -1.55. The molecule has 0 fully saturated rings. The van der Waals surface area contributed by atoms with Crippen molar-refractivity contribution in [2.75, 3.05) is 25.4 Å². The number of anilines is 1. The van der Waals surface area contributed by atoms with E-state index in [1.807, 2.05) is 24.3 Å². The zero-order valence-corrected chi connectivity index (χ0v) is 13.6. The minimum Gasteiger partial charge on any atom is -0.399 e. The number of carbonyl (C=O) groups excluding carboxylic acids is 1. The van der Waals surface area contributed by atoms with Crippen LogP contribution in [0, 0.1) is 5.92 Å². The van der Waals surface area contributed by atoms with Crippen molar-refractivity contribution in [2.45, 2.75) is 40.2 Å². The van der Waals surface area contributed by atoms with Crippen LogP contribution in [0.4, 0.5) is 5.69 Å². The van der Waals surface area contributed by atoms with Crippen molar-refractivity contribution >= 4 is 11.6 Å². The summed E-state index contributed by atoms with van der Waals surface area (Å²) in [6.07, 6.45) is 2.06. The molecular formula is C17H29N3O. The topological polar surface area (TPSA) is 58.4 Å². The lowest BCUT2D eigenvalue weighted by atomic mass is 10.1. The maximum Gasteiger partial charge on any atom is 0.234 e. The Morgan fingerprint density at radius 1 is 1.29 bits per heavy atom. The van der Waals surface area contributed by atoms with Crippen LogP contribution in [0.1, 0.15) is 39.2 Å². The number of amides is 1. The minimum atomic E-state index is 0.111. The second-order valence-electron chi connectivity index (χ2n) is 5.98. The van der Waals surface area contributed by atoms with Gasteiger partial charge in [-0.2, -0.15) is 0 Å². The molecule has 0 saturated carbocycles. The highest BCUT2D eigenvalue weighted by atomic mass is 16.2. The lowest BCUT2D eigenvalue weighted by Gasteiger charge is -2.21. The van der Waals surface area contributed by atoms with Crippen molar-refractivity contribution in [3.8, 4) is 0 Å². The molecule has 0 radical (unpaired) electrons. The van der Waals surface area contributed by atoms with Gasteiger partial charge >= 0.3 is 0 Å². The summed E-state index contributed by atoms with van der Waals surface area (Å²) in [6, 6.07) is 7.85. The van der Waals surface area contributed by atoms with Crippen LogP contribution in [-0.2, 0) is 11.3 Å². The smallest absolute Gasteiger partial charge is 0.234 e. The molecule has 4 heteroatoms. The predicted molar refractivity (Wildman–Crippen MR) is 88.9 cm³/mol. The molecule has 0 bridgehead atoms. The summed E-state index contributed by atoms with van der Waals surface area (Å²) in [6.45, 7) is 9.38. The molecular weight excluding hydrogens is 262 g/mol. The molecule has 0 aromatic heterocycles. The number of nitrogens with one attached hydrogen (secondary N) is 1. The van der Waals surface area contributed by atoms with E-state index in [1.54, 1.807) is 0 Å². The highest BCUT2D eigenvalue weighted by Gasteiger charge is 2.10. The van der Waals surface area contributed by atoms with Gasteiger partial charge in [-0.1, -0.05) is 32.9 Å². The molecule has 0 saturated heterocycles. The van der Waals surface area contributed by atoms with Gasteiger partial charge in [-0.05, 0) is 43.0 Å². The molecule has 118 valence electrons. The van der Waals surface area contributed by atoms with Gasteiger partial charge in [0.2, 0.25) is 5.91 Å². The molecule has 21 heavy (non-hydrogen) atoms. The van der Waals surface area contributed by atoms with Gasteiger partial charge in [-0.3, -0.25) is 9.69 Å². The van der Waals surface area contributed by atoms with Gasteiger partial charge < -0.3 is 11.1 Å². The Morgan fingerprint density at radius 3 is 2.52 bits per heavy atom. The van der Waals surface area contributed by atoms with E-state index < -0.39 is 0 Å². The third-order valence-electron chi connectivity index (χ3n) is 3.34. The van der Waals surface area contributed by atoms with Crippen LogP contribution >= 0.6 is 0 Å². The number of benzene rings is 1. The fourth-order valence-electron chi connectivity index (χ4n) is 2.17. The van der Waals surface area contributed by atoms with E-state index in [2.05, 4.69) is 31.0 Å². The summed E-state index contributed by atoms with van der Waals surface area (Å²) in [5, 5.41) is 3.00. The molecule has 0 heterocycles. The summed E-state index contributed by atoms with van der Waals surface area (Å²) in [5.74, 6) is 0.728. The van der Waals surface area contributed by atoms with Crippen LogP contribution < -0.4 is 11.1 Å². The first kappa shape index (κ1) is 17.5. The number of hydrogen-bond donors (Lipinski definition) is 2. The Kier molecular flexibility index (Phi) is 7.83. The van der Waals surface area contributed by atoms with Crippen LogP contribution in [-0.4, -0.2) is 30.4 Å². The minimum absolute atomic E-state index is 0.111. The largest absolute Gasteiger partial charge is 0.399 e. The average Bonchev–Trinajstić information content (AvgIpc) is 2.41. The predicted octanol–water partition coefficient (Wildman–Crippen LogP) is 2.64. The first-order chi connectivity index (χ1) is 10.0. The van der Waals surface area contributed by atoms with E-state index in [9.17, 15) is 4.79 Å². The first-order valence-electron chi connectivity index (χ1n) is 7.84. The van der Waals surface area contributed by atoms with Crippen molar-refractivity contribution in [2.24, 2.45) is 5.92 Å². The monoisotopic (exact) mass is 291 g/mol. The lowest BCUT2D eigenvalue weighted by molar-refractivity contribution is -0.122. The van der Waals surface area contributed by atoms with E-state index in [0.29, 0.717) is 12.5 Å². The highest BCUT2D eigenvalue weighted by molar-refractivity contribution is 5.77. The first-order valence-corrected chi connectivity index (χ1v) is 7.84. The summed E-state index contributed by atoms with van der Waals surface area (Å²) in [4.78, 5) is 14.2. The van der Waals surface area contributed by atoms with Gasteiger partial charge in [0.1, 0.15) is 0 Å². The fourth-order valence-corrected chi connectivity index (χ4v) is 2.17. The lowest BCUT2D eigenvalue weighted by Crippen LogP contribution is -2.37. The third kappa shape index (κ3) is 7.71. The van der Waals surface area contributed by atoms with Crippen molar-refractivity contribution < 1.29 is 4.79 Å². The number of nitrogens with zero attached hydrogens (tertiary/aromatic N) is 1. The van der Waals surface area contributed by atoms with Gasteiger partial charge in [0.25, 0.3) is 0 Å². The second kappa shape index (κ2) is 9.40. The molecule has 1 aromatic rings. The summed E-state index contributed by atoms with van der Waals surface area (Å²) >= 11 is 0. The second-order valence-corrected chi connectivity index (χ2v) is 5.98. The molecule has 0 aliphatic carbocycles. The normalized spacial score (nSPS) is 11.1. The fraction of sp³-hybridized carbons (Fsp3) is 0.588. The number of rotatable bonds is 9. The Bertz CT molecular complexity index is 415. The van der Waals surface area contributed by atoms with E-state index in [-0.39, 0.29) is 5.91 Å². The standard InChI is InChI=1S/C17H29N3O/c1-4-11-20(12-15-5-7-16(18)8-6-15)13-17(21)19-10-9-14(2)3/h5-8,14H,4,9-13,18H2,1-3H3,(H,19,21). The summed E-state index contributed by atoms with van der Waals surface area (Å²) in [5.41, 5.74) is 7.66. The molecule has 0 atom stereocenters. The van der Waals surface area contributed by atoms with Gasteiger partial charge in [-0.15, -0.1) is 0 Å². The SMILES string of the molecule is CCCN(CC(=O)NCCC(C)C)Cc1ccc(N)cc1. The van der Waals surface area contributed by atoms with E-state index in [0.717, 1.165) is 38.2 Å². The van der Waals surface area contributed by atoms with Gasteiger partial charge in [0.05, 0.1) is 6.54 Å². The number of carbonyl (C=O) groups is 1. The van der Waals surface area contributed by atoms with Gasteiger partial charge in [0.15, 0.2) is 0 Å². The molecule has 0 spiro atoms. The zero-order valence-electron chi connectivity index (χ0n) is 13.6. The molecule has 4 nitrogen and oxygen atoms in total. The van der Waals surface area contributed by atoms with Crippen LogP contribution in [0.15, 0.2) is 24.3 Å². The molecule has 1 amide bonds. The molecule has 3 N–H and O–H groups in total. The highest BCUT2D eigenvalue weighted by Crippen LogP contribution is 2.09. The van der Waals surface area contributed by atoms with Crippen LogP contribution in [0.25, 0.3) is 0 Å². The van der Waals surface area contributed by atoms with Crippen LogP contribution in [0.3, 0.4) is 0 Å². The third-order valence-corrected chi connectivity index (χ3v) is 3.34. The number of nitrogens with two attached hydrogens (primary N) is 1. The van der Waals surface area contributed by atoms with Crippen molar-refractivity contribution in [1.29, 1.82) is 0 Å². The maximum absolute atomic E-state index is 12.0. The van der Waals surface area contributed by atoms with E-state index in [4.69, 9.17) is 5.73 Å². The maximum atomic E-state index is 12.0. The molecule has 1 aromatic carbocycles. The summed E-state index contributed by atoms with van der Waals surface area (Å²) < 4.78 is 0. The van der Waals surface area contributed by atoms with Gasteiger partial charge in [0, 0.05) is 18.8 Å². The van der Waals surface area contributed by atoms with E-state index in [1.165, 1.54) is 5.56 Å². The average molecular weight is 291 g/mol. The molecule has 0 unspecified atom stereocenters. The van der Waals surface area contributed by atoms with Crippen molar-refractivity contribution in [3.05, 3.63) is 29.8 Å². The Morgan fingerprint density at radius 2 is 1.95 bits per heavy atom. The van der Waals surface area contributed by atoms with E-state index >= 15 is 0 Å². The Labute approximate surface area is 128 Å². The summed E-state index contributed by atoms with van der Waals surface area (Å²) in [7, 11) is 0. The molecule has 0 aliphatic rings. The Balaban J connectivity index is 2.45. The van der Waals surface area contributed by atoms with Gasteiger partial charge in [-0.25, -0.2) is 0 Å². The quantitative estimate of drug-likeness (QED) is 0.688. The van der Waals surface area contributed by atoms with Crippen molar-refractivity contribution in [3.63, 3.8) is 0 Å². The number of nitrogen functional groups attached to an aromatic ring is 1. The molecule has 0 aliphatic heterocycles. The zero-order chi connectivity index (χ0) is 15.7. The molecule has 1 rings (SSSR count). The van der Waals surface area contributed by atoms with Crippen LogP contribution in [0.2, 0.25) is 0 Å². The van der Waals surface area contributed by atoms with Crippen molar-refractivity contribution in [1.82, 2.24) is 10.2 Å².